The van der Waals surface area contributed by atoms with E-state index in [1.807, 2.05) is 0 Å². The van der Waals surface area contributed by atoms with Gasteiger partial charge in [0.25, 0.3) is 5.91 Å². The van der Waals surface area contributed by atoms with Crippen molar-refractivity contribution in [2.24, 2.45) is 0 Å². The molecule has 0 aliphatic heterocycles. The van der Waals surface area contributed by atoms with E-state index in [9.17, 15) is 14.7 Å². The number of rotatable bonds is 16. The average molecular weight is 491 g/mol. The van der Waals surface area contributed by atoms with Crippen molar-refractivity contribution in [3.05, 3.63) is 12.2 Å². The Bertz CT molecular complexity index is 598. The van der Waals surface area contributed by atoms with Gasteiger partial charge in [-0.3, -0.25) is 9.59 Å². The molecule has 0 saturated heterocycles. The Hall–Kier alpha value is -0.789. The minimum absolute atomic E-state index is 0.0147. The van der Waals surface area contributed by atoms with Gasteiger partial charge in [0.2, 0.25) is 12.1 Å². The molecule has 0 aromatic heterocycles. The number of nitrogens with one attached hydrogen (secondary N) is 2. The van der Waals surface area contributed by atoms with Crippen molar-refractivity contribution < 1.29 is 23.5 Å². The van der Waals surface area contributed by atoms with Crippen molar-refractivity contribution in [1.82, 2.24) is 10.6 Å². The molecule has 1 atom stereocenters. The number of carbonyl (C=O) groups excluding carboxylic acids is 2. The zero-order chi connectivity index (χ0) is 24.3. The Balaban J connectivity index is 4.23. The number of aliphatic hydroxyl groups excluding tert-OH is 1. The summed E-state index contributed by atoms with van der Waals surface area (Å²) in [7, 11) is -4.67. The van der Waals surface area contributed by atoms with E-state index in [0.29, 0.717) is 6.61 Å². The number of carbonyl (C=O) groups is 2. The lowest BCUT2D eigenvalue weighted by atomic mass is 10.3. The maximum Gasteiger partial charge on any atom is 0.271 e. The van der Waals surface area contributed by atoms with Gasteiger partial charge in [-0.15, -0.1) is 0 Å². The van der Waals surface area contributed by atoms with Crippen molar-refractivity contribution in [1.29, 1.82) is 0 Å². The molecule has 0 bridgehead atoms. The summed E-state index contributed by atoms with van der Waals surface area (Å²) in [6.45, 7) is 22.0. The maximum atomic E-state index is 11.7. The van der Waals surface area contributed by atoms with Crippen LogP contribution in [0.5, 0.6) is 0 Å². The van der Waals surface area contributed by atoms with Gasteiger partial charge in [-0.25, -0.2) is 0 Å². The molecular weight excluding hydrogens is 444 g/mol. The Morgan fingerprint density at radius 1 is 1.03 bits per heavy atom. The molecule has 0 radical (unpaired) electrons. The molecule has 0 aliphatic rings. The van der Waals surface area contributed by atoms with Crippen LogP contribution < -0.4 is 10.6 Å². The quantitative estimate of drug-likeness (QED) is 0.132. The third-order valence-corrected chi connectivity index (χ3v) is 19.9. The van der Waals surface area contributed by atoms with E-state index < -0.39 is 42.8 Å². The first-order valence-corrected chi connectivity index (χ1v) is 21.0. The van der Waals surface area contributed by atoms with E-state index in [1.165, 1.54) is 31.5 Å². The van der Waals surface area contributed by atoms with Crippen LogP contribution in [0.25, 0.3) is 0 Å². The molecule has 0 rings (SSSR count). The summed E-state index contributed by atoms with van der Waals surface area (Å²) < 4.78 is 12.2. The van der Waals surface area contributed by atoms with Gasteiger partial charge in [0.05, 0.1) is 0 Å². The van der Waals surface area contributed by atoms with Crippen molar-refractivity contribution >= 4 is 36.5 Å². The van der Waals surface area contributed by atoms with Crippen molar-refractivity contribution in [3.8, 4) is 0 Å². The van der Waals surface area contributed by atoms with Crippen LogP contribution in [0.4, 0.5) is 0 Å². The number of ether oxygens (including phenoxy) is 1. The molecule has 0 fully saturated rings. The van der Waals surface area contributed by atoms with Gasteiger partial charge in [-0.1, -0.05) is 45.5 Å². The molecule has 31 heavy (non-hydrogen) atoms. The van der Waals surface area contributed by atoms with Crippen LogP contribution in [0.2, 0.25) is 57.0 Å². The molecule has 182 valence electrons. The highest BCUT2D eigenvalue weighted by molar-refractivity contribution is 6.96. The zero-order valence-electron chi connectivity index (χ0n) is 21.0. The summed E-state index contributed by atoms with van der Waals surface area (Å²) in [5, 5.41) is 14.2. The molecule has 3 N–H and O–H groups in total. The van der Waals surface area contributed by atoms with Crippen molar-refractivity contribution in [2.75, 3.05) is 13.3 Å². The molecular formula is C21H46N2O5Si3. The predicted molar refractivity (Wildman–Crippen MR) is 135 cm³/mol. The maximum absolute atomic E-state index is 11.7. The van der Waals surface area contributed by atoms with Gasteiger partial charge >= 0.3 is 0 Å². The van der Waals surface area contributed by atoms with Crippen LogP contribution in [0.3, 0.4) is 0 Å². The highest BCUT2D eigenvalue weighted by Gasteiger charge is 2.37. The summed E-state index contributed by atoms with van der Waals surface area (Å²) in [5.41, 5.74) is 1.53. The first kappa shape index (κ1) is 30.2. The average Bonchev–Trinajstić information content (AvgIpc) is 2.60. The van der Waals surface area contributed by atoms with Crippen LogP contribution in [0.1, 0.15) is 33.1 Å². The standard InChI is InChI=1S/C21H46N2O5Si3/c1-10-11-14-29(4,5)17-31(8,9)28-30(6,7)15-12-13-27-16-22-20(25)21(26)23-19(24)18(2)3/h21,26H,2,10-17H2,1,3-9H3,(H,22,25)(H,23,24). The van der Waals surface area contributed by atoms with Gasteiger partial charge in [-0.05, 0) is 51.2 Å². The van der Waals surface area contributed by atoms with Gasteiger partial charge in [0.1, 0.15) is 6.73 Å². The fraction of sp³-hybridized carbons (Fsp3) is 0.810. The fourth-order valence-corrected chi connectivity index (χ4v) is 23.5. The first-order chi connectivity index (χ1) is 14.1. The van der Waals surface area contributed by atoms with E-state index in [2.05, 4.69) is 63.4 Å². The Morgan fingerprint density at radius 2 is 1.65 bits per heavy atom. The number of hydrogen-bond acceptors (Lipinski definition) is 5. The topological polar surface area (TPSA) is 96.9 Å². The number of hydrogen-bond donors (Lipinski definition) is 3. The van der Waals surface area contributed by atoms with Crippen LogP contribution in [-0.4, -0.2) is 61.2 Å². The Labute approximate surface area is 192 Å². The third-order valence-electron chi connectivity index (χ3n) is 4.98. The molecule has 0 spiro atoms. The van der Waals surface area contributed by atoms with Gasteiger partial charge < -0.3 is 24.6 Å². The van der Waals surface area contributed by atoms with E-state index in [-0.39, 0.29) is 12.3 Å². The zero-order valence-corrected chi connectivity index (χ0v) is 24.0. The SMILES string of the molecule is C=C(C)C(=O)NC(O)C(=O)NCOCCC[Si](C)(C)O[Si](C)(C)C[Si](C)(C)CCCC. The van der Waals surface area contributed by atoms with Gasteiger partial charge in [0.15, 0.2) is 16.6 Å². The number of unbranched alkanes of at least 4 members (excludes halogenated alkanes) is 1. The van der Waals surface area contributed by atoms with E-state index in [4.69, 9.17) is 8.85 Å². The lowest BCUT2D eigenvalue weighted by molar-refractivity contribution is -0.137. The largest absolute Gasteiger partial charge is 0.456 e. The van der Waals surface area contributed by atoms with E-state index >= 15 is 0 Å². The highest BCUT2D eigenvalue weighted by Crippen LogP contribution is 2.29. The normalized spacial score (nSPS) is 13.6. The van der Waals surface area contributed by atoms with Crippen molar-refractivity contribution in [2.45, 2.75) is 96.4 Å². The van der Waals surface area contributed by atoms with Crippen LogP contribution in [0, 0.1) is 0 Å². The Kier molecular flexibility index (Phi) is 13.3. The molecule has 10 heteroatoms. The third kappa shape index (κ3) is 14.8. The van der Waals surface area contributed by atoms with Gasteiger partial charge in [0, 0.05) is 20.3 Å². The molecule has 0 aliphatic carbocycles. The number of amides is 2. The summed E-state index contributed by atoms with van der Waals surface area (Å²) in [6, 6.07) is 2.39. The minimum Gasteiger partial charge on any atom is -0.456 e. The Morgan fingerprint density at radius 3 is 2.19 bits per heavy atom. The summed E-state index contributed by atoms with van der Waals surface area (Å²) >= 11 is 0. The molecule has 1 unspecified atom stereocenters. The molecule has 0 saturated carbocycles. The van der Waals surface area contributed by atoms with Crippen LogP contribution in [-0.2, 0) is 18.4 Å². The van der Waals surface area contributed by atoms with Crippen molar-refractivity contribution in [3.63, 3.8) is 0 Å². The smallest absolute Gasteiger partial charge is 0.271 e. The molecule has 0 aromatic rings. The van der Waals surface area contributed by atoms with Gasteiger partial charge in [-0.2, -0.15) is 0 Å². The lowest BCUT2D eigenvalue weighted by Crippen LogP contribution is -2.49. The monoisotopic (exact) mass is 490 g/mol. The summed E-state index contributed by atoms with van der Waals surface area (Å²) in [5.74, 6) is -1.28. The first-order valence-electron chi connectivity index (χ1n) is 11.3. The predicted octanol–water partition coefficient (Wildman–Crippen LogP) is 3.95. The summed E-state index contributed by atoms with van der Waals surface area (Å²) in [4.78, 5) is 23.1. The molecule has 2 amide bonds. The van der Waals surface area contributed by atoms with E-state index in [0.717, 1.165) is 12.5 Å². The molecule has 0 heterocycles. The van der Waals surface area contributed by atoms with Crippen LogP contribution in [0.15, 0.2) is 12.2 Å². The minimum atomic E-state index is -1.78. The second-order valence-corrected chi connectivity index (χ2v) is 25.0. The second-order valence-electron chi connectivity index (χ2n) is 10.4. The fourth-order valence-electron chi connectivity index (χ4n) is 3.94. The summed E-state index contributed by atoms with van der Waals surface area (Å²) in [6.07, 6.45) is 1.84. The highest BCUT2D eigenvalue weighted by atomic mass is 28.4. The number of aliphatic hydroxyl groups is 1. The second kappa shape index (κ2) is 13.7. The molecule has 7 nitrogen and oxygen atoms in total. The molecule has 0 aromatic carbocycles. The van der Waals surface area contributed by atoms with Crippen LogP contribution >= 0.6 is 0 Å². The lowest BCUT2D eigenvalue weighted by Gasteiger charge is -2.38. The van der Waals surface area contributed by atoms with E-state index in [1.54, 1.807) is 0 Å².